The second-order valence-corrected chi connectivity index (χ2v) is 14.1. The molecule has 0 aliphatic carbocycles. The average molecular weight is 759 g/mol. The second kappa shape index (κ2) is 16.5. The van der Waals surface area contributed by atoms with Crippen molar-refractivity contribution in [3.05, 3.63) is 125 Å². The highest BCUT2D eigenvalue weighted by molar-refractivity contribution is 7.99. The van der Waals surface area contributed by atoms with Crippen molar-refractivity contribution in [2.75, 3.05) is 12.3 Å². The van der Waals surface area contributed by atoms with E-state index in [0.29, 0.717) is 28.7 Å². The quantitative estimate of drug-likeness (QED) is 0.149. The van der Waals surface area contributed by atoms with Gasteiger partial charge in [0.25, 0.3) is 0 Å². The molecule has 0 bridgehead atoms. The van der Waals surface area contributed by atoms with Crippen LogP contribution in [0, 0.1) is 0 Å². The molecule has 280 valence electrons. The number of hydrogen-bond donors (Lipinski definition) is 2. The zero-order valence-electron chi connectivity index (χ0n) is 28.9. The summed E-state index contributed by atoms with van der Waals surface area (Å²) in [5, 5.41) is 25.2. The Bertz CT molecular complexity index is 2050. The maximum absolute atomic E-state index is 13.0. The van der Waals surface area contributed by atoms with Crippen LogP contribution in [0.15, 0.2) is 108 Å². The number of halogens is 3. The first-order valence-corrected chi connectivity index (χ1v) is 18.5. The van der Waals surface area contributed by atoms with Crippen LogP contribution in [0.2, 0.25) is 0 Å². The predicted octanol–water partition coefficient (Wildman–Crippen LogP) is 6.33. The standard InChI is InChI=1S/C39H37F3N6O5S/c40-39(41,42)37(51)47-19-5-10-33(47)35(50)43-22-26-6-4-7-30(20-26)27-15-17-29(18-16-27)36-52-32(21-34(53-36)28-13-11-25(23-49)12-14-28)24-54-38-44-45-46-48(38)31-8-2-1-3-9-31/h1-4,6-9,11-18,20,32-34,36,49H,5,10,19,21-24H2,(H,43,50)/t32-,33-,34+,36+/m0/s1. The number of hydrogen-bond acceptors (Lipinski definition) is 9. The first-order chi connectivity index (χ1) is 26.2. The number of amides is 2. The van der Waals surface area contributed by atoms with Gasteiger partial charge in [0.15, 0.2) is 6.29 Å². The molecule has 2 saturated heterocycles. The van der Waals surface area contributed by atoms with Crippen LogP contribution in [0.3, 0.4) is 0 Å². The number of likely N-dealkylation sites (tertiary alicyclic amines) is 1. The molecule has 15 heteroatoms. The number of tetrazole rings is 1. The monoisotopic (exact) mass is 758 g/mol. The summed E-state index contributed by atoms with van der Waals surface area (Å²) in [4.78, 5) is 25.3. The summed E-state index contributed by atoms with van der Waals surface area (Å²) < 4.78 is 53.9. The molecule has 11 nitrogen and oxygen atoms in total. The number of rotatable bonds is 11. The van der Waals surface area contributed by atoms with E-state index < -0.39 is 30.3 Å². The molecule has 7 rings (SSSR count). The Kier molecular flexibility index (Phi) is 11.4. The highest BCUT2D eigenvalue weighted by Crippen LogP contribution is 2.40. The van der Waals surface area contributed by atoms with Crippen LogP contribution in [0.5, 0.6) is 0 Å². The van der Waals surface area contributed by atoms with Crippen LogP contribution in [0.1, 0.15) is 53.9 Å². The summed E-state index contributed by atoms with van der Waals surface area (Å²) in [6.07, 6.45) is -5.09. The third kappa shape index (κ3) is 8.65. The van der Waals surface area contributed by atoms with E-state index in [1.807, 2.05) is 103 Å². The summed E-state index contributed by atoms with van der Waals surface area (Å²) in [5.74, 6) is -2.03. The van der Waals surface area contributed by atoms with E-state index >= 15 is 0 Å². The molecule has 0 spiro atoms. The van der Waals surface area contributed by atoms with Crippen molar-refractivity contribution in [2.24, 2.45) is 0 Å². The normalized spacial score (nSPS) is 20.2. The van der Waals surface area contributed by atoms with Gasteiger partial charge in [-0.3, -0.25) is 9.59 Å². The Morgan fingerprint density at radius 1 is 0.889 bits per heavy atom. The Labute approximate surface area is 313 Å². The van der Waals surface area contributed by atoms with Crippen molar-refractivity contribution < 1.29 is 37.3 Å². The Balaban J connectivity index is 1.03. The third-order valence-electron chi connectivity index (χ3n) is 9.42. The van der Waals surface area contributed by atoms with E-state index in [9.17, 15) is 27.9 Å². The number of ether oxygens (including phenoxy) is 2. The summed E-state index contributed by atoms with van der Waals surface area (Å²) >= 11 is 1.50. The summed E-state index contributed by atoms with van der Waals surface area (Å²) in [6, 6.07) is 31.5. The van der Waals surface area contributed by atoms with Gasteiger partial charge in [0.1, 0.15) is 6.04 Å². The number of nitrogens with zero attached hydrogens (tertiary/aromatic N) is 5. The van der Waals surface area contributed by atoms with Crippen molar-refractivity contribution in [1.82, 2.24) is 30.4 Å². The van der Waals surface area contributed by atoms with Crippen molar-refractivity contribution in [1.29, 1.82) is 0 Å². The smallest absolute Gasteiger partial charge is 0.392 e. The van der Waals surface area contributed by atoms with Gasteiger partial charge in [-0.25, -0.2) is 0 Å². The van der Waals surface area contributed by atoms with E-state index in [1.54, 1.807) is 4.68 Å². The molecule has 3 heterocycles. The fraction of sp³-hybridized carbons (Fsp3) is 0.308. The van der Waals surface area contributed by atoms with Crippen LogP contribution in [0.4, 0.5) is 13.2 Å². The van der Waals surface area contributed by atoms with Gasteiger partial charge < -0.3 is 24.8 Å². The molecule has 2 amide bonds. The van der Waals surface area contributed by atoms with E-state index in [0.717, 1.165) is 39.1 Å². The van der Waals surface area contributed by atoms with E-state index in [2.05, 4.69) is 20.8 Å². The minimum atomic E-state index is -5.03. The van der Waals surface area contributed by atoms with Gasteiger partial charge in [0, 0.05) is 30.8 Å². The van der Waals surface area contributed by atoms with Crippen LogP contribution in [-0.4, -0.2) is 72.6 Å². The number of para-hydroxylation sites is 1. The van der Waals surface area contributed by atoms with Gasteiger partial charge in [0.2, 0.25) is 11.1 Å². The molecule has 2 aliphatic rings. The fourth-order valence-corrected chi connectivity index (χ4v) is 7.54. The van der Waals surface area contributed by atoms with E-state index in [-0.39, 0.29) is 38.3 Å². The lowest BCUT2D eigenvalue weighted by Crippen LogP contribution is -2.50. The van der Waals surface area contributed by atoms with Crippen molar-refractivity contribution in [2.45, 2.75) is 68.3 Å². The Morgan fingerprint density at radius 2 is 1.65 bits per heavy atom. The third-order valence-corrected chi connectivity index (χ3v) is 10.5. The number of aliphatic hydroxyl groups is 1. The van der Waals surface area contributed by atoms with Crippen LogP contribution in [-0.2, 0) is 32.2 Å². The Hall–Kier alpha value is -5.09. The molecule has 2 fully saturated rings. The first kappa shape index (κ1) is 37.2. The van der Waals surface area contributed by atoms with E-state index in [4.69, 9.17) is 9.47 Å². The van der Waals surface area contributed by atoms with Gasteiger partial charge in [0.05, 0.1) is 24.5 Å². The minimum absolute atomic E-state index is 0.0520. The fourth-order valence-electron chi connectivity index (χ4n) is 6.64. The molecule has 2 N–H and O–H groups in total. The number of alkyl halides is 3. The largest absolute Gasteiger partial charge is 0.471 e. The molecule has 0 radical (unpaired) electrons. The van der Waals surface area contributed by atoms with Crippen molar-refractivity contribution in [3.63, 3.8) is 0 Å². The number of aliphatic hydroxyl groups excluding tert-OH is 1. The molecule has 0 unspecified atom stereocenters. The number of carbonyl (C=O) groups is 2. The lowest BCUT2D eigenvalue weighted by Gasteiger charge is -2.36. The van der Waals surface area contributed by atoms with Crippen LogP contribution in [0.25, 0.3) is 16.8 Å². The zero-order valence-corrected chi connectivity index (χ0v) is 29.7. The summed E-state index contributed by atoms with van der Waals surface area (Å²) in [6.45, 7) is -0.0619. The SMILES string of the molecule is O=C(NCc1cccc(-c2ccc([C@@H]3O[C@H](CSc4nnnn4-c4ccccc4)C[C@H](c4ccc(CO)cc4)O3)cc2)c1)[C@@H]1CCCN1C(=O)C(F)(F)F. The first-order valence-electron chi connectivity index (χ1n) is 17.5. The lowest BCUT2D eigenvalue weighted by molar-refractivity contribution is -0.245. The number of carbonyl (C=O) groups excluding carboxylic acids is 2. The molecule has 4 aromatic carbocycles. The average Bonchev–Trinajstić information content (AvgIpc) is 3.90. The van der Waals surface area contributed by atoms with Gasteiger partial charge in [-0.2, -0.15) is 17.9 Å². The molecule has 54 heavy (non-hydrogen) atoms. The van der Waals surface area contributed by atoms with Gasteiger partial charge in [-0.15, -0.1) is 5.10 Å². The maximum Gasteiger partial charge on any atom is 0.471 e. The maximum atomic E-state index is 13.0. The van der Waals surface area contributed by atoms with Crippen LogP contribution >= 0.6 is 11.8 Å². The predicted molar refractivity (Wildman–Crippen MR) is 193 cm³/mol. The van der Waals surface area contributed by atoms with Crippen molar-refractivity contribution in [3.8, 4) is 16.8 Å². The second-order valence-electron chi connectivity index (χ2n) is 13.1. The van der Waals surface area contributed by atoms with Gasteiger partial charge in [-0.1, -0.05) is 96.7 Å². The van der Waals surface area contributed by atoms with E-state index in [1.165, 1.54) is 11.8 Å². The highest BCUT2D eigenvalue weighted by atomic mass is 32.2. The molecule has 0 saturated carbocycles. The molecule has 4 atom stereocenters. The number of aromatic nitrogens is 4. The molecular formula is C39H37F3N6O5S. The number of nitrogens with one attached hydrogen (secondary N) is 1. The van der Waals surface area contributed by atoms with Gasteiger partial charge >= 0.3 is 12.1 Å². The number of benzene rings is 4. The lowest BCUT2D eigenvalue weighted by atomic mass is 9.99. The molecule has 5 aromatic rings. The Morgan fingerprint density at radius 3 is 2.39 bits per heavy atom. The number of thioether (sulfide) groups is 1. The summed E-state index contributed by atoms with van der Waals surface area (Å²) in [7, 11) is 0. The molecular weight excluding hydrogens is 722 g/mol. The molecule has 2 aliphatic heterocycles. The topological polar surface area (TPSA) is 132 Å². The van der Waals surface area contributed by atoms with Crippen molar-refractivity contribution >= 4 is 23.6 Å². The zero-order chi connectivity index (χ0) is 37.7. The molecule has 1 aromatic heterocycles. The highest BCUT2D eigenvalue weighted by Gasteiger charge is 2.47. The summed E-state index contributed by atoms with van der Waals surface area (Å²) in [5.41, 5.74) is 5.98. The van der Waals surface area contributed by atoms with Gasteiger partial charge in [-0.05, 0) is 69.3 Å². The minimum Gasteiger partial charge on any atom is -0.392 e. The van der Waals surface area contributed by atoms with Crippen LogP contribution < -0.4 is 5.32 Å².